The molecule has 1 fully saturated rings. The van der Waals surface area contributed by atoms with Crippen molar-refractivity contribution in [3.05, 3.63) is 6.42 Å². The van der Waals surface area contributed by atoms with Gasteiger partial charge in [-0.1, -0.05) is 32.1 Å². The molecule has 128 valence electrons. The molecule has 1 aliphatic rings. The van der Waals surface area contributed by atoms with Gasteiger partial charge in [-0.05, 0) is 44.9 Å². The Bertz CT molecular complexity index is 268. The number of unbranched alkanes of at least 4 members (excludes halogenated alkanes) is 5. The third-order valence-corrected chi connectivity index (χ3v) is 5.33. The zero-order chi connectivity index (χ0) is 16.0. The van der Waals surface area contributed by atoms with Crippen LogP contribution in [0.3, 0.4) is 0 Å². The largest absolute Gasteiger partial charge is 0.378 e. The number of hydrogen-bond acceptors (Lipinski definition) is 2. The van der Waals surface area contributed by atoms with E-state index in [0.717, 1.165) is 25.9 Å². The Morgan fingerprint density at radius 2 is 1.73 bits per heavy atom. The second-order valence-electron chi connectivity index (χ2n) is 6.24. The number of carbonyl (C=O) groups excluding carboxylic acids is 1. The van der Waals surface area contributed by atoms with Crippen LogP contribution in [0.5, 0.6) is 0 Å². The lowest BCUT2D eigenvalue weighted by Crippen LogP contribution is -2.17. The molecule has 0 heterocycles. The zero-order valence-corrected chi connectivity index (χ0v) is 15.1. The summed E-state index contributed by atoms with van der Waals surface area (Å²) in [5.41, 5.74) is 0. The first-order valence-electron chi connectivity index (χ1n) is 8.79. The van der Waals surface area contributed by atoms with Crippen molar-refractivity contribution in [2.75, 3.05) is 12.5 Å². The van der Waals surface area contributed by atoms with Gasteiger partial charge in [0, 0.05) is 18.4 Å². The SMILES string of the molecule is O=[C]C(CCCCCCCCOC1CC[CH]CC1)C(Cl)CCl. The molecule has 0 bridgehead atoms. The van der Waals surface area contributed by atoms with Crippen molar-refractivity contribution in [1.29, 1.82) is 0 Å². The molecule has 1 saturated carbocycles. The van der Waals surface area contributed by atoms with Crippen LogP contribution in [0.4, 0.5) is 0 Å². The number of ether oxygens (including phenoxy) is 1. The summed E-state index contributed by atoms with van der Waals surface area (Å²) in [4.78, 5) is 10.8. The molecule has 0 amide bonds. The Morgan fingerprint density at radius 3 is 2.36 bits per heavy atom. The summed E-state index contributed by atoms with van der Waals surface area (Å²) in [5, 5.41) is -0.270. The fourth-order valence-electron chi connectivity index (χ4n) is 2.91. The molecule has 0 aromatic rings. The van der Waals surface area contributed by atoms with Crippen molar-refractivity contribution >= 4 is 29.5 Å². The predicted octanol–water partition coefficient (Wildman–Crippen LogP) is 5.45. The minimum absolute atomic E-state index is 0.208. The molecule has 4 heteroatoms. The van der Waals surface area contributed by atoms with Crippen LogP contribution in [0.2, 0.25) is 0 Å². The molecule has 2 nitrogen and oxygen atoms in total. The van der Waals surface area contributed by atoms with Gasteiger partial charge in [0.1, 0.15) is 0 Å². The minimum Gasteiger partial charge on any atom is -0.378 e. The number of halogens is 2. The maximum absolute atomic E-state index is 10.8. The highest BCUT2D eigenvalue weighted by Gasteiger charge is 2.18. The summed E-state index contributed by atoms with van der Waals surface area (Å²) in [6.07, 6.45) is 17.6. The van der Waals surface area contributed by atoms with Gasteiger partial charge in [-0.15, -0.1) is 23.2 Å². The van der Waals surface area contributed by atoms with E-state index < -0.39 is 0 Å². The molecule has 0 N–H and O–H groups in total. The molecule has 2 unspecified atom stereocenters. The van der Waals surface area contributed by atoms with Crippen molar-refractivity contribution in [3.8, 4) is 0 Å². The fraction of sp³-hybridized carbons (Fsp3) is 0.889. The van der Waals surface area contributed by atoms with Crippen LogP contribution >= 0.6 is 23.2 Å². The lowest BCUT2D eigenvalue weighted by atomic mass is 9.98. The smallest absolute Gasteiger partial charge is 0.203 e. The number of rotatable bonds is 13. The topological polar surface area (TPSA) is 26.3 Å². The van der Waals surface area contributed by atoms with Gasteiger partial charge in [-0.3, -0.25) is 4.79 Å². The highest BCUT2D eigenvalue weighted by molar-refractivity contribution is 6.28. The molecule has 0 saturated heterocycles. The van der Waals surface area contributed by atoms with Crippen LogP contribution < -0.4 is 0 Å². The summed E-state index contributed by atoms with van der Waals surface area (Å²) in [5.74, 6) is 0.112. The third-order valence-electron chi connectivity index (χ3n) is 4.38. The van der Waals surface area contributed by atoms with Crippen LogP contribution in [0.1, 0.15) is 70.6 Å². The molecule has 0 aromatic carbocycles. The highest BCUT2D eigenvalue weighted by Crippen LogP contribution is 2.20. The van der Waals surface area contributed by atoms with Crippen LogP contribution in [-0.4, -0.2) is 30.3 Å². The normalized spacial score (nSPS) is 19.0. The van der Waals surface area contributed by atoms with Crippen molar-refractivity contribution in [3.63, 3.8) is 0 Å². The second-order valence-corrected chi connectivity index (χ2v) is 7.11. The fourth-order valence-corrected chi connectivity index (χ4v) is 3.30. The summed E-state index contributed by atoms with van der Waals surface area (Å²) in [7, 11) is 0. The van der Waals surface area contributed by atoms with Crippen molar-refractivity contribution < 1.29 is 9.53 Å². The standard InChI is InChI=1S/C18H30Cl2O2/c19-14-18(20)16(15-21)10-6-3-1-2-4-9-13-22-17-11-7-5-8-12-17/h5,16-18H,1-4,6-14H2. The van der Waals surface area contributed by atoms with E-state index in [9.17, 15) is 4.79 Å². The molecular formula is C18H30Cl2O2. The van der Waals surface area contributed by atoms with Crippen LogP contribution in [0.25, 0.3) is 0 Å². The monoisotopic (exact) mass is 348 g/mol. The van der Waals surface area contributed by atoms with Gasteiger partial charge in [0.05, 0.1) is 11.5 Å². The van der Waals surface area contributed by atoms with Crippen LogP contribution in [0.15, 0.2) is 0 Å². The summed E-state index contributed by atoms with van der Waals surface area (Å²) in [6, 6.07) is 0. The Labute approximate surface area is 146 Å². The molecule has 2 radical (unpaired) electrons. The Balaban J connectivity index is 1.85. The maximum Gasteiger partial charge on any atom is 0.203 e. The van der Waals surface area contributed by atoms with Crippen LogP contribution in [-0.2, 0) is 9.53 Å². The molecular weight excluding hydrogens is 319 g/mol. The van der Waals surface area contributed by atoms with E-state index in [1.807, 2.05) is 6.29 Å². The van der Waals surface area contributed by atoms with E-state index in [1.165, 1.54) is 51.4 Å². The lowest BCUT2D eigenvalue weighted by Gasteiger charge is -2.21. The van der Waals surface area contributed by atoms with E-state index in [4.69, 9.17) is 27.9 Å². The van der Waals surface area contributed by atoms with Crippen LogP contribution in [0, 0.1) is 12.3 Å². The third kappa shape index (κ3) is 9.37. The van der Waals surface area contributed by atoms with Gasteiger partial charge >= 0.3 is 0 Å². The second kappa shape index (κ2) is 13.6. The van der Waals surface area contributed by atoms with E-state index in [1.54, 1.807) is 0 Å². The molecule has 1 aliphatic carbocycles. The van der Waals surface area contributed by atoms with Gasteiger partial charge in [0.25, 0.3) is 0 Å². The summed E-state index contributed by atoms with van der Waals surface area (Å²) >= 11 is 11.7. The van der Waals surface area contributed by atoms with Crippen molar-refractivity contribution in [2.24, 2.45) is 5.92 Å². The molecule has 2 atom stereocenters. The van der Waals surface area contributed by atoms with E-state index in [2.05, 4.69) is 6.42 Å². The molecule has 1 rings (SSSR count). The first kappa shape index (κ1) is 20.3. The lowest BCUT2D eigenvalue weighted by molar-refractivity contribution is 0.0326. The highest BCUT2D eigenvalue weighted by atomic mass is 35.5. The summed E-state index contributed by atoms with van der Waals surface area (Å²) < 4.78 is 5.91. The number of hydrogen-bond donors (Lipinski definition) is 0. The number of alkyl halides is 2. The molecule has 0 spiro atoms. The molecule has 0 aliphatic heterocycles. The van der Waals surface area contributed by atoms with Gasteiger partial charge in [-0.25, -0.2) is 0 Å². The first-order valence-corrected chi connectivity index (χ1v) is 9.76. The van der Waals surface area contributed by atoms with Gasteiger partial charge in [0.2, 0.25) is 6.29 Å². The Morgan fingerprint density at radius 1 is 1.09 bits per heavy atom. The van der Waals surface area contributed by atoms with Gasteiger partial charge < -0.3 is 4.74 Å². The summed E-state index contributed by atoms with van der Waals surface area (Å²) in [6.45, 7) is 0.913. The van der Waals surface area contributed by atoms with Crippen molar-refractivity contribution in [2.45, 2.75) is 82.1 Å². The van der Waals surface area contributed by atoms with Crippen molar-refractivity contribution in [1.82, 2.24) is 0 Å². The quantitative estimate of drug-likeness (QED) is 0.326. The first-order chi connectivity index (χ1) is 10.8. The predicted molar refractivity (Wildman–Crippen MR) is 94.4 cm³/mol. The molecule has 0 aromatic heterocycles. The van der Waals surface area contributed by atoms with Gasteiger partial charge in [0.15, 0.2) is 0 Å². The van der Waals surface area contributed by atoms with Gasteiger partial charge in [-0.2, -0.15) is 0 Å². The average molecular weight is 349 g/mol. The minimum atomic E-state index is -0.270. The average Bonchev–Trinajstić information content (AvgIpc) is 2.57. The Hall–Kier alpha value is 0.210. The maximum atomic E-state index is 10.8. The zero-order valence-electron chi connectivity index (χ0n) is 13.6. The molecule has 22 heavy (non-hydrogen) atoms. The van der Waals surface area contributed by atoms with E-state index in [-0.39, 0.29) is 11.3 Å². The van der Waals surface area contributed by atoms with E-state index in [0.29, 0.717) is 12.0 Å². The Kier molecular flexibility index (Phi) is 12.5. The van der Waals surface area contributed by atoms with E-state index >= 15 is 0 Å².